The second-order valence-corrected chi connectivity index (χ2v) is 12.4. The normalized spacial score (nSPS) is 13.5. The lowest BCUT2D eigenvalue weighted by Crippen LogP contribution is -2.57. The molecule has 0 fully saturated rings. The molecule has 3 atom stereocenters. The first-order valence-electron chi connectivity index (χ1n) is 14.8. The number of para-hydroxylation sites is 1. The molecule has 5 amide bonds. The molecule has 0 bridgehead atoms. The maximum absolute atomic E-state index is 13.6. The number of aromatic nitrogens is 1. The van der Waals surface area contributed by atoms with Crippen molar-refractivity contribution >= 4 is 34.7 Å². The van der Waals surface area contributed by atoms with Crippen LogP contribution in [-0.4, -0.2) is 75.6 Å². The number of hydrogen-bond acceptors (Lipinski definition) is 6. The van der Waals surface area contributed by atoms with Crippen LogP contribution in [0.25, 0.3) is 10.9 Å². The highest BCUT2D eigenvalue weighted by Gasteiger charge is 2.31. The van der Waals surface area contributed by atoms with Crippen LogP contribution in [0.2, 0.25) is 0 Å². The topological polar surface area (TPSA) is 167 Å². The van der Waals surface area contributed by atoms with E-state index in [-0.39, 0.29) is 30.6 Å². The van der Waals surface area contributed by atoms with Gasteiger partial charge in [0.15, 0.2) is 0 Å². The lowest BCUT2D eigenvalue weighted by atomic mass is 9.99. The SMILES string of the molecule is CC(C)CN(CC(O)[C@H](Cc1ccccc1)NC(=O)[C@H](CC(N)=O)NC(=O)c1ccc2ccccc2n1)C(=O)NC(C)(C)C. The van der Waals surface area contributed by atoms with E-state index in [9.17, 15) is 24.3 Å². The van der Waals surface area contributed by atoms with E-state index in [2.05, 4.69) is 20.9 Å². The Morgan fingerprint density at radius 3 is 2.20 bits per heavy atom. The predicted octanol–water partition coefficient (Wildman–Crippen LogP) is 2.76. The lowest BCUT2D eigenvalue weighted by Gasteiger charge is -2.34. The maximum atomic E-state index is 13.6. The van der Waals surface area contributed by atoms with Gasteiger partial charge in [-0.3, -0.25) is 14.4 Å². The van der Waals surface area contributed by atoms with Crippen LogP contribution in [0.15, 0.2) is 66.7 Å². The molecule has 44 heavy (non-hydrogen) atoms. The van der Waals surface area contributed by atoms with Crippen molar-refractivity contribution in [3.63, 3.8) is 0 Å². The van der Waals surface area contributed by atoms with E-state index in [0.29, 0.717) is 12.1 Å². The zero-order valence-electron chi connectivity index (χ0n) is 26.0. The van der Waals surface area contributed by atoms with Gasteiger partial charge < -0.3 is 31.7 Å². The Hall–Kier alpha value is -4.51. The average molecular weight is 605 g/mol. The summed E-state index contributed by atoms with van der Waals surface area (Å²) in [5.74, 6) is -2.03. The van der Waals surface area contributed by atoms with Crippen LogP contribution >= 0.6 is 0 Å². The number of nitrogens with two attached hydrogens (primary N) is 1. The molecule has 2 aromatic carbocycles. The van der Waals surface area contributed by atoms with Gasteiger partial charge in [0, 0.05) is 17.5 Å². The first-order valence-corrected chi connectivity index (χ1v) is 14.8. The number of fused-ring (bicyclic) bond motifs is 1. The molecule has 1 unspecified atom stereocenters. The minimum atomic E-state index is -1.32. The molecule has 0 spiro atoms. The number of benzene rings is 2. The van der Waals surface area contributed by atoms with Crippen LogP contribution in [-0.2, 0) is 16.0 Å². The van der Waals surface area contributed by atoms with E-state index in [1.165, 1.54) is 11.0 Å². The zero-order chi connectivity index (χ0) is 32.4. The fourth-order valence-electron chi connectivity index (χ4n) is 4.70. The standard InChI is InChI=1S/C33H44N6O5/c1-21(2)19-39(32(44)38-33(3,4)5)20-28(40)26(17-22-11-7-6-8-12-22)36-31(43)27(18-29(34)41)37-30(42)25-16-15-23-13-9-10-14-24(23)35-25/h6-16,21,26-28,40H,17-20H2,1-5H3,(H2,34,41)(H,36,43)(H,37,42)(H,38,44)/t26-,27-,28?/m0/s1. The summed E-state index contributed by atoms with van der Waals surface area (Å²) in [6, 6.07) is 17.3. The number of nitrogens with one attached hydrogen (secondary N) is 3. The van der Waals surface area contributed by atoms with Gasteiger partial charge in [-0.15, -0.1) is 0 Å². The number of primary amides is 1. The van der Waals surface area contributed by atoms with Gasteiger partial charge in [-0.2, -0.15) is 0 Å². The monoisotopic (exact) mass is 604 g/mol. The van der Waals surface area contributed by atoms with Gasteiger partial charge in [0.2, 0.25) is 11.8 Å². The first-order chi connectivity index (χ1) is 20.7. The summed E-state index contributed by atoms with van der Waals surface area (Å²) in [6.07, 6.45) is -1.42. The second-order valence-electron chi connectivity index (χ2n) is 12.4. The highest BCUT2D eigenvalue weighted by Crippen LogP contribution is 2.14. The second kappa shape index (κ2) is 15.3. The highest BCUT2D eigenvalue weighted by molar-refractivity contribution is 5.99. The third-order valence-electron chi connectivity index (χ3n) is 6.71. The van der Waals surface area contributed by atoms with Crippen molar-refractivity contribution in [3.05, 3.63) is 78.0 Å². The number of pyridine rings is 1. The number of amides is 5. The van der Waals surface area contributed by atoms with E-state index in [0.717, 1.165) is 10.9 Å². The molecule has 0 saturated carbocycles. The number of nitrogens with zero attached hydrogens (tertiary/aromatic N) is 2. The molecule has 11 heteroatoms. The molecule has 0 aliphatic carbocycles. The molecule has 3 rings (SSSR count). The van der Waals surface area contributed by atoms with Crippen LogP contribution in [0.1, 0.15) is 57.1 Å². The molecular formula is C33H44N6O5. The van der Waals surface area contributed by atoms with Crippen LogP contribution in [0.4, 0.5) is 4.79 Å². The summed E-state index contributed by atoms with van der Waals surface area (Å²) in [4.78, 5) is 57.7. The van der Waals surface area contributed by atoms with Crippen molar-refractivity contribution in [3.8, 4) is 0 Å². The lowest BCUT2D eigenvalue weighted by molar-refractivity contribution is -0.128. The summed E-state index contributed by atoms with van der Waals surface area (Å²) in [6.45, 7) is 9.86. The Balaban J connectivity index is 1.83. The van der Waals surface area contributed by atoms with Gasteiger partial charge in [0.05, 0.1) is 30.6 Å². The van der Waals surface area contributed by atoms with Gasteiger partial charge in [-0.25, -0.2) is 9.78 Å². The number of aliphatic hydroxyl groups excluding tert-OH is 1. The van der Waals surface area contributed by atoms with Crippen LogP contribution in [0, 0.1) is 5.92 Å². The van der Waals surface area contributed by atoms with E-state index < -0.39 is 47.9 Å². The van der Waals surface area contributed by atoms with Gasteiger partial charge >= 0.3 is 6.03 Å². The Morgan fingerprint density at radius 2 is 1.57 bits per heavy atom. The number of hydrogen-bond donors (Lipinski definition) is 5. The summed E-state index contributed by atoms with van der Waals surface area (Å²) >= 11 is 0. The van der Waals surface area contributed by atoms with Gasteiger partial charge in [0.25, 0.3) is 5.91 Å². The van der Waals surface area contributed by atoms with E-state index in [4.69, 9.17) is 5.73 Å². The molecule has 1 aromatic heterocycles. The third-order valence-corrected chi connectivity index (χ3v) is 6.71. The van der Waals surface area contributed by atoms with E-state index in [1.807, 2.05) is 77.1 Å². The maximum Gasteiger partial charge on any atom is 0.317 e. The van der Waals surface area contributed by atoms with Crippen molar-refractivity contribution in [2.45, 2.75) is 71.2 Å². The van der Waals surface area contributed by atoms with Gasteiger partial charge in [-0.05, 0) is 50.8 Å². The third kappa shape index (κ3) is 10.6. The summed E-state index contributed by atoms with van der Waals surface area (Å²) in [7, 11) is 0. The van der Waals surface area contributed by atoms with Gasteiger partial charge in [-0.1, -0.05) is 68.4 Å². The number of urea groups is 1. The van der Waals surface area contributed by atoms with E-state index in [1.54, 1.807) is 18.2 Å². The fourth-order valence-corrected chi connectivity index (χ4v) is 4.70. The highest BCUT2D eigenvalue weighted by atomic mass is 16.3. The van der Waals surface area contributed by atoms with Crippen LogP contribution in [0.5, 0.6) is 0 Å². The van der Waals surface area contributed by atoms with Crippen molar-refractivity contribution < 1.29 is 24.3 Å². The molecule has 11 nitrogen and oxygen atoms in total. The molecule has 1 heterocycles. The molecule has 0 saturated heterocycles. The van der Waals surface area contributed by atoms with Crippen molar-refractivity contribution in [1.82, 2.24) is 25.8 Å². The zero-order valence-corrected chi connectivity index (χ0v) is 26.0. The van der Waals surface area contributed by atoms with Crippen molar-refractivity contribution in [1.29, 1.82) is 0 Å². The predicted molar refractivity (Wildman–Crippen MR) is 170 cm³/mol. The quantitative estimate of drug-likeness (QED) is 0.201. The van der Waals surface area contributed by atoms with Gasteiger partial charge in [0.1, 0.15) is 11.7 Å². The number of rotatable bonds is 13. The average Bonchev–Trinajstić information content (AvgIpc) is 2.94. The summed E-state index contributed by atoms with van der Waals surface area (Å²) < 4.78 is 0. The number of aliphatic hydroxyl groups is 1. The molecule has 236 valence electrons. The first kappa shape index (κ1) is 34.0. The molecule has 0 aliphatic rings. The molecule has 0 radical (unpaired) electrons. The Labute approximate surface area is 258 Å². The van der Waals surface area contributed by atoms with Crippen LogP contribution in [0.3, 0.4) is 0 Å². The molecule has 0 aliphatic heterocycles. The summed E-state index contributed by atoms with van der Waals surface area (Å²) in [5, 5.41) is 20.6. The minimum absolute atomic E-state index is 0.0638. The molecular weight excluding hydrogens is 560 g/mol. The Kier molecular flexibility index (Phi) is 11.8. The fraction of sp³-hybridized carbons (Fsp3) is 0.424. The van der Waals surface area contributed by atoms with Crippen molar-refractivity contribution in [2.24, 2.45) is 11.7 Å². The smallest absolute Gasteiger partial charge is 0.317 e. The Morgan fingerprint density at radius 1 is 0.909 bits per heavy atom. The number of carbonyl (C=O) groups is 4. The van der Waals surface area contributed by atoms with E-state index >= 15 is 0 Å². The largest absolute Gasteiger partial charge is 0.389 e. The number of carbonyl (C=O) groups excluding carboxylic acids is 4. The minimum Gasteiger partial charge on any atom is -0.389 e. The Bertz CT molecular complexity index is 1440. The van der Waals surface area contributed by atoms with Crippen molar-refractivity contribution in [2.75, 3.05) is 13.1 Å². The summed E-state index contributed by atoms with van der Waals surface area (Å²) in [5.41, 5.74) is 6.46. The molecule has 3 aromatic rings. The van der Waals surface area contributed by atoms with Crippen LogP contribution < -0.4 is 21.7 Å². The molecule has 6 N–H and O–H groups in total.